The zero-order valence-corrected chi connectivity index (χ0v) is 19.2. The Labute approximate surface area is 198 Å². The van der Waals surface area contributed by atoms with E-state index >= 15 is 0 Å². The molecule has 3 aromatic rings. The van der Waals surface area contributed by atoms with Crippen molar-refractivity contribution in [3.8, 4) is 6.07 Å². The van der Waals surface area contributed by atoms with E-state index in [9.17, 15) is 18.4 Å². The van der Waals surface area contributed by atoms with Crippen LogP contribution in [0, 0.1) is 11.3 Å². The molecule has 4 rings (SSSR count). The third kappa shape index (κ3) is 4.41. The number of hydrogen-bond donors (Lipinski definition) is 0. The zero-order chi connectivity index (χ0) is 23.9. The maximum absolute atomic E-state index is 13.6. The fraction of sp³-hybridized carbons (Fsp3) is 0.304. The fourth-order valence-electron chi connectivity index (χ4n) is 3.92. The van der Waals surface area contributed by atoms with Crippen molar-refractivity contribution < 1.29 is 17.9 Å². The summed E-state index contributed by atoms with van der Waals surface area (Å²) in [5.74, 6) is 0.337. The number of aromatic nitrogens is 2. The van der Waals surface area contributed by atoms with Crippen LogP contribution in [0.2, 0.25) is 10.0 Å². The molecule has 0 N–H and O–H groups in total. The topological polar surface area (TPSA) is 54.1 Å². The van der Waals surface area contributed by atoms with Crippen LogP contribution in [-0.4, -0.2) is 40.8 Å². The predicted molar refractivity (Wildman–Crippen MR) is 121 cm³/mol. The van der Waals surface area contributed by atoms with Gasteiger partial charge in [-0.05, 0) is 29.8 Å². The van der Waals surface area contributed by atoms with Gasteiger partial charge >= 0.3 is 6.18 Å². The second-order valence-corrected chi connectivity index (χ2v) is 8.48. The van der Waals surface area contributed by atoms with E-state index in [1.54, 1.807) is 25.2 Å². The normalized spacial score (nSPS) is 14.5. The first-order chi connectivity index (χ1) is 15.6. The SMILES string of the molecule is C=C(c1ccc(Cl)c(Cc2nc3c(C(F)(F)F)cc(C#N)cc3n2C)c1Cl)N1CCOCC1. The Morgan fingerprint density at radius 1 is 1.24 bits per heavy atom. The number of benzene rings is 2. The quantitative estimate of drug-likeness (QED) is 0.469. The molecule has 0 saturated carbocycles. The van der Waals surface area contributed by atoms with Crippen molar-refractivity contribution in [2.75, 3.05) is 26.3 Å². The van der Waals surface area contributed by atoms with Gasteiger partial charge in [0, 0.05) is 42.8 Å². The number of hydrogen-bond acceptors (Lipinski definition) is 4. The van der Waals surface area contributed by atoms with Crippen LogP contribution in [0.15, 0.2) is 30.8 Å². The van der Waals surface area contributed by atoms with Gasteiger partial charge in [-0.1, -0.05) is 29.8 Å². The van der Waals surface area contributed by atoms with Gasteiger partial charge in [0.15, 0.2) is 0 Å². The van der Waals surface area contributed by atoms with Gasteiger partial charge in [-0.2, -0.15) is 18.4 Å². The molecule has 1 aliphatic rings. The Morgan fingerprint density at radius 2 is 1.94 bits per heavy atom. The third-order valence-corrected chi connectivity index (χ3v) is 6.52. The number of nitrogens with zero attached hydrogens (tertiary/aromatic N) is 4. The largest absolute Gasteiger partial charge is 0.418 e. The van der Waals surface area contributed by atoms with Crippen LogP contribution >= 0.6 is 23.2 Å². The van der Waals surface area contributed by atoms with Crippen LogP contribution in [0.4, 0.5) is 13.2 Å². The maximum Gasteiger partial charge on any atom is 0.418 e. The molecule has 5 nitrogen and oxygen atoms in total. The van der Waals surface area contributed by atoms with Crippen molar-refractivity contribution in [2.24, 2.45) is 7.05 Å². The van der Waals surface area contributed by atoms with Gasteiger partial charge in [0.2, 0.25) is 0 Å². The van der Waals surface area contributed by atoms with Gasteiger partial charge < -0.3 is 14.2 Å². The van der Waals surface area contributed by atoms with Crippen molar-refractivity contribution in [1.82, 2.24) is 14.5 Å². The van der Waals surface area contributed by atoms with Gasteiger partial charge in [-0.15, -0.1) is 0 Å². The highest BCUT2D eigenvalue weighted by Gasteiger charge is 2.35. The molecule has 0 spiro atoms. The summed E-state index contributed by atoms with van der Waals surface area (Å²) < 4.78 is 47.8. The average molecular weight is 495 g/mol. The lowest BCUT2D eigenvalue weighted by Crippen LogP contribution is -2.34. The number of aryl methyl sites for hydroxylation is 1. The van der Waals surface area contributed by atoms with Crippen LogP contribution in [0.5, 0.6) is 0 Å². The van der Waals surface area contributed by atoms with E-state index in [2.05, 4.69) is 16.5 Å². The van der Waals surface area contributed by atoms with Crippen LogP contribution in [-0.2, 0) is 24.4 Å². The van der Waals surface area contributed by atoms with E-state index in [-0.39, 0.29) is 23.0 Å². The molecule has 10 heteroatoms. The summed E-state index contributed by atoms with van der Waals surface area (Å²) >= 11 is 13.2. The molecule has 0 unspecified atom stereocenters. The highest BCUT2D eigenvalue weighted by atomic mass is 35.5. The summed E-state index contributed by atoms with van der Waals surface area (Å²) in [6.45, 7) is 6.70. The van der Waals surface area contributed by atoms with Gasteiger partial charge in [-0.25, -0.2) is 4.98 Å². The second-order valence-electron chi connectivity index (χ2n) is 7.70. The molecule has 0 amide bonds. The van der Waals surface area contributed by atoms with E-state index in [0.29, 0.717) is 53.3 Å². The van der Waals surface area contributed by atoms with Gasteiger partial charge in [0.1, 0.15) is 11.3 Å². The molecule has 1 fully saturated rings. The number of rotatable bonds is 4. The van der Waals surface area contributed by atoms with Gasteiger partial charge in [0.05, 0.1) is 40.9 Å². The fourth-order valence-corrected chi connectivity index (χ4v) is 4.53. The van der Waals surface area contributed by atoms with E-state index in [1.165, 1.54) is 10.6 Å². The maximum atomic E-state index is 13.6. The Kier molecular flexibility index (Phi) is 6.32. The van der Waals surface area contributed by atoms with Crippen molar-refractivity contribution in [1.29, 1.82) is 5.26 Å². The van der Waals surface area contributed by atoms with E-state index in [0.717, 1.165) is 11.8 Å². The number of ether oxygens (including phenoxy) is 1. The molecule has 1 aromatic heterocycles. The smallest absolute Gasteiger partial charge is 0.378 e. The second kappa shape index (κ2) is 8.90. The first kappa shape index (κ1) is 23.4. The first-order valence-electron chi connectivity index (χ1n) is 10.1. The van der Waals surface area contributed by atoms with Crippen molar-refractivity contribution in [2.45, 2.75) is 12.6 Å². The molecule has 172 valence electrons. The number of imidazole rings is 1. The minimum Gasteiger partial charge on any atom is -0.378 e. The first-order valence-corrected chi connectivity index (χ1v) is 10.8. The summed E-state index contributed by atoms with van der Waals surface area (Å²) in [7, 11) is 1.60. The Hall–Kier alpha value is -2.73. The van der Waals surface area contributed by atoms with Crippen molar-refractivity contribution in [3.63, 3.8) is 0 Å². The van der Waals surface area contributed by atoms with Crippen LogP contribution in [0.25, 0.3) is 16.7 Å². The van der Waals surface area contributed by atoms with E-state index in [1.807, 2.05) is 0 Å². The van der Waals surface area contributed by atoms with Crippen LogP contribution in [0.3, 0.4) is 0 Å². The minimum atomic E-state index is -4.65. The lowest BCUT2D eigenvalue weighted by molar-refractivity contribution is -0.136. The number of fused-ring (bicyclic) bond motifs is 1. The minimum absolute atomic E-state index is 0.0933. The lowest BCUT2D eigenvalue weighted by Gasteiger charge is -2.31. The molecule has 33 heavy (non-hydrogen) atoms. The molecule has 2 heterocycles. The van der Waals surface area contributed by atoms with E-state index < -0.39 is 11.7 Å². The molecule has 1 aliphatic heterocycles. The summed E-state index contributed by atoms with van der Waals surface area (Å²) in [4.78, 5) is 6.33. The summed E-state index contributed by atoms with van der Waals surface area (Å²) in [6, 6.07) is 7.46. The predicted octanol–water partition coefficient (Wildman–Crippen LogP) is 5.66. The standard InChI is InChI=1S/C23H19Cl2F3N4O/c1-13(32-5-7-33-8-6-32)15-3-4-18(24)16(21(15)25)11-20-30-22-17(23(26,27)28)9-14(12-29)10-19(22)31(20)2/h3-4,9-10H,1,5-8,11H2,2H3. The monoisotopic (exact) mass is 494 g/mol. The molecule has 0 aliphatic carbocycles. The molecular formula is C23H19Cl2F3N4O. The lowest BCUT2D eigenvalue weighted by atomic mass is 10.0. The number of nitriles is 1. The van der Waals surface area contributed by atoms with Crippen LogP contribution < -0.4 is 0 Å². The van der Waals surface area contributed by atoms with E-state index in [4.69, 9.17) is 27.9 Å². The molecule has 0 atom stereocenters. The van der Waals surface area contributed by atoms with Gasteiger partial charge in [-0.3, -0.25) is 0 Å². The van der Waals surface area contributed by atoms with Crippen molar-refractivity contribution >= 4 is 39.9 Å². The Bertz CT molecular complexity index is 1290. The Morgan fingerprint density at radius 3 is 2.58 bits per heavy atom. The summed E-state index contributed by atoms with van der Waals surface area (Å²) in [6.07, 6.45) is -4.55. The molecule has 2 aromatic carbocycles. The average Bonchev–Trinajstić information content (AvgIpc) is 3.10. The number of morpholine rings is 1. The highest BCUT2D eigenvalue weighted by Crippen LogP contribution is 2.38. The number of halogens is 5. The molecule has 0 bridgehead atoms. The van der Waals surface area contributed by atoms with Crippen LogP contribution in [0.1, 0.15) is 28.1 Å². The molecule has 0 radical (unpaired) electrons. The summed E-state index contributed by atoms with van der Waals surface area (Å²) in [5.41, 5.74) is 0.897. The van der Waals surface area contributed by atoms with Gasteiger partial charge in [0.25, 0.3) is 0 Å². The highest BCUT2D eigenvalue weighted by molar-refractivity contribution is 6.37. The van der Waals surface area contributed by atoms with Crippen molar-refractivity contribution in [3.05, 3.63) is 69.0 Å². The molecule has 1 saturated heterocycles. The summed E-state index contributed by atoms with van der Waals surface area (Å²) in [5, 5.41) is 9.93. The third-order valence-electron chi connectivity index (χ3n) is 5.74. The zero-order valence-electron chi connectivity index (χ0n) is 17.6. The Balaban J connectivity index is 1.78. The number of alkyl halides is 3. The molecular weight excluding hydrogens is 476 g/mol.